The molecule has 13 nitrogen and oxygen atoms in total. The number of nitrogens with zero attached hydrogens (tertiary/aromatic N) is 5. The van der Waals surface area contributed by atoms with Crippen LogP contribution in [0.15, 0.2) is 36.4 Å². The summed E-state index contributed by atoms with van der Waals surface area (Å²) in [6.07, 6.45) is 1.37. The van der Waals surface area contributed by atoms with Crippen LogP contribution in [0.2, 0.25) is 0 Å². The molecule has 0 spiro atoms. The summed E-state index contributed by atoms with van der Waals surface area (Å²) >= 11 is 0. The number of carboxylic acids is 1. The first kappa shape index (κ1) is 33.5. The Morgan fingerprint density at radius 2 is 1.65 bits per heavy atom. The fraction of sp³-hybridized carbons (Fsp3) is 0.543. The fourth-order valence-corrected chi connectivity index (χ4v) is 7.59. The number of aromatic hydroxyl groups is 1. The molecule has 4 aliphatic rings. The number of aryl methyl sites for hydroxylation is 2. The van der Waals surface area contributed by atoms with E-state index in [9.17, 15) is 29.4 Å². The maximum Gasteiger partial charge on any atom is 0.410 e. The lowest BCUT2D eigenvalue weighted by atomic mass is 10.0. The van der Waals surface area contributed by atoms with Crippen LogP contribution in [0.25, 0.3) is 0 Å². The minimum atomic E-state index is -1.06. The number of urea groups is 1. The van der Waals surface area contributed by atoms with Crippen molar-refractivity contribution in [3.8, 4) is 5.75 Å². The summed E-state index contributed by atoms with van der Waals surface area (Å²) in [7, 11) is 0. The summed E-state index contributed by atoms with van der Waals surface area (Å²) in [6, 6.07) is 11.5. The summed E-state index contributed by atoms with van der Waals surface area (Å²) < 4.78 is 6.01. The molecular weight excluding hydrogens is 616 g/mol. The predicted octanol–water partition coefficient (Wildman–Crippen LogP) is 2.87. The van der Waals surface area contributed by atoms with E-state index in [0.29, 0.717) is 76.5 Å². The van der Waals surface area contributed by atoms with Gasteiger partial charge in [-0.05, 0) is 67.9 Å². The number of likely N-dealkylation sites (tertiary alicyclic amines) is 2. The molecule has 0 saturated carbocycles. The molecule has 0 bridgehead atoms. The van der Waals surface area contributed by atoms with E-state index in [-0.39, 0.29) is 42.7 Å². The minimum Gasteiger partial charge on any atom is -0.507 e. The number of hydrogen-bond acceptors (Lipinski definition) is 8. The van der Waals surface area contributed by atoms with Crippen molar-refractivity contribution in [3.63, 3.8) is 0 Å². The largest absolute Gasteiger partial charge is 0.507 e. The normalized spacial score (nSPS) is 21.5. The van der Waals surface area contributed by atoms with Crippen molar-refractivity contribution in [2.75, 3.05) is 64.3 Å². The highest BCUT2D eigenvalue weighted by Gasteiger charge is 2.38. The van der Waals surface area contributed by atoms with Crippen LogP contribution in [0, 0.1) is 13.8 Å². The molecule has 6 rings (SSSR count). The summed E-state index contributed by atoms with van der Waals surface area (Å²) in [4.78, 5) is 61.2. The van der Waals surface area contributed by atoms with Gasteiger partial charge in [0, 0.05) is 70.0 Å². The fourth-order valence-electron chi connectivity index (χ4n) is 7.59. The van der Waals surface area contributed by atoms with E-state index in [1.165, 1.54) is 0 Å². The Bertz CT molecular complexity index is 1520. The predicted molar refractivity (Wildman–Crippen MR) is 178 cm³/mol. The first-order valence-electron chi connectivity index (χ1n) is 16.9. The van der Waals surface area contributed by atoms with Crippen LogP contribution >= 0.6 is 0 Å². The van der Waals surface area contributed by atoms with Gasteiger partial charge in [-0.1, -0.05) is 30.3 Å². The van der Waals surface area contributed by atoms with Crippen molar-refractivity contribution in [2.24, 2.45) is 0 Å². The number of aliphatic carboxylic acids is 1. The van der Waals surface area contributed by atoms with Crippen molar-refractivity contribution in [1.29, 1.82) is 0 Å². The van der Waals surface area contributed by atoms with Gasteiger partial charge in [-0.25, -0.2) is 9.59 Å². The highest BCUT2D eigenvalue weighted by Crippen LogP contribution is 2.27. The summed E-state index contributed by atoms with van der Waals surface area (Å²) in [5, 5.41) is 22.5. The van der Waals surface area contributed by atoms with E-state index in [0.717, 1.165) is 29.7 Å². The van der Waals surface area contributed by atoms with E-state index in [1.807, 2.05) is 46.2 Å². The van der Waals surface area contributed by atoms with Crippen LogP contribution in [-0.2, 0) is 27.2 Å². The Kier molecular flexibility index (Phi) is 10.1. The number of carboxylic acid groups (broad SMARTS) is 1. The zero-order valence-electron chi connectivity index (χ0n) is 27.8. The highest BCUT2D eigenvalue weighted by atomic mass is 16.6. The molecule has 0 aliphatic carbocycles. The number of nitrogens with one attached hydrogen (secondary N) is 1. The van der Waals surface area contributed by atoms with Crippen molar-refractivity contribution in [1.82, 2.24) is 24.5 Å². The highest BCUT2D eigenvalue weighted by molar-refractivity contribution is 5.91. The number of amides is 4. The second-order valence-electron chi connectivity index (χ2n) is 13.5. The number of carbonyl (C=O) groups excluding carboxylic acids is 3. The minimum absolute atomic E-state index is 0.00715. The average molecular weight is 663 g/mol. The number of carbonyl (C=O) groups is 4. The molecule has 1 unspecified atom stereocenters. The van der Waals surface area contributed by atoms with Crippen molar-refractivity contribution < 1.29 is 34.1 Å². The second-order valence-corrected chi connectivity index (χ2v) is 13.5. The van der Waals surface area contributed by atoms with Crippen LogP contribution in [0.4, 0.5) is 15.3 Å². The van der Waals surface area contributed by atoms with Crippen LogP contribution < -0.4 is 5.32 Å². The van der Waals surface area contributed by atoms with Gasteiger partial charge in [-0.15, -0.1) is 0 Å². The molecule has 2 aromatic carbocycles. The molecule has 4 amide bonds. The molecule has 0 aromatic heterocycles. The lowest BCUT2D eigenvalue weighted by Gasteiger charge is -2.38. The summed E-state index contributed by atoms with van der Waals surface area (Å²) in [5.74, 6) is -0.918. The third-order valence-corrected chi connectivity index (χ3v) is 10.2. The molecule has 2 atom stereocenters. The van der Waals surface area contributed by atoms with Gasteiger partial charge in [0.2, 0.25) is 0 Å². The number of benzene rings is 2. The number of piperidine rings is 1. The topological polar surface area (TPSA) is 146 Å². The van der Waals surface area contributed by atoms with Gasteiger partial charge in [0.05, 0.1) is 13.2 Å². The molecule has 4 aliphatic heterocycles. The average Bonchev–Trinajstić information content (AvgIpc) is 3.70. The maximum absolute atomic E-state index is 14.0. The van der Waals surface area contributed by atoms with E-state index >= 15 is 0 Å². The first-order valence-corrected chi connectivity index (χ1v) is 16.9. The quantitative estimate of drug-likeness (QED) is 0.389. The third kappa shape index (κ3) is 7.52. The van der Waals surface area contributed by atoms with Gasteiger partial charge >= 0.3 is 18.1 Å². The van der Waals surface area contributed by atoms with E-state index in [4.69, 9.17) is 4.74 Å². The number of anilines is 1. The molecule has 4 heterocycles. The number of para-hydroxylation sites is 1. The van der Waals surface area contributed by atoms with E-state index < -0.39 is 18.2 Å². The van der Waals surface area contributed by atoms with Crippen LogP contribution in [0.5, 0.6) is 5.75 Å². The lowest BCUT2D eigenvalue weighted by molar-refractivity contribution is -0.140. The Morgan fingerprint density at radius 1 is 0.938 bits per heavy atom. The monoisotopic (exact) mass is 662 g/mol. The van der Waals surface area contributed by atoms with Gasteiger partial charge in [-0.2, -0.15) is 0 Å². The molecule has 3 fully saturated rings. The maximum atomic E-state index is 14.0. The van der Waals surface area contributed by atoms with Crippen LogP contribution in [0.1, 0.15) is 41.5 Å². The Labute approximate surface area is 281 Å². The molecule has 13 heteroatoms. The summed E-state index contributed by atoms with van der Waals surface area (Å²) in [5.41, 5.74) is 4.10. The zero-order chi connectivity index (χ0) is 33.9. The third-order valence-electron chi connectivity index (χ3n) is 10.2. The van der Waals surface area contributed by atoms with Gasteiger partial charge < -0.3 is 35.0 Å². The smallest absolute Gasteiger partial charge is 0.410 e. The number of rotatable bonds is 8. The zero-order valence-corrected chi connectivity index (χ0v) is 27.8. The lowest BCUT2D eigenvalue weighted by Crippen LogP contribution is -2.51. The second kappa shape index (κ2) is 14.4. The van der Waals surface area contributed by atoms with Gasteiger partial charge in [0.25, 0.3) is 5.91 Å². The molecule has 0 radical (unpaired) electrons. The van der Waals surface area contributed by atoms with Gasteiger partial charge in [-0.3, -0.25) is 19.4 Å². The molecule has 3 saturated heterocycles. The van der Waals surface area contributed by atoms with Crippen LogP contribution in [-0.4, -0.2) is 136 Å². The van der Waals surface area contributed by atoms with E-state index in [1.54, 1.807) is 23.6 Å². The van der Waals surface area contributed by atoms with Crippen molar-refractivity contribution in [3.05, 3.63) is 58.7 Å². The van der Waals surface area contributed by atoms with Crippen LogP contribution in [0.3, 0.4) is 0 Å². The Balaban J connectivity index is 1.09. The number of ether oxygens (including phenoxy) is 1. The summed E-state index contributed by atoms with van der Waals surface area (Å²) in [6.45, 7) is 7.91. The SMILES string of the molecule is Cc1cc(C[C@@H](OC(=O)N2CCC(N3CCc4ccccc4NC3=O)CC2)C(=O)N2CCN(C3CCN(CC(=O)O)C3)C2)cc(C)c1O. The molecule has 3 N–H and O–H groups in total. The van der Waals surface area contributed by atoms with Crippen molar-refractivity contribution >= 4 is 29.7 Å². The first-order chi connectivity index (χ1) is 23.0. The standard InChI is InChI=1S/C35H46N6O7/c1-23-17-25(18-24(2)32(23)44)19-30(33(45)40-16-15-39(22-40)28-8-11-37(20-28)21-31(42)43)48-35(47)38-12-9-27(10-13-38)41-14-7-26-5-3-4-6-29(26)36-34(41)46/h3-6,17-18,27-28,30,44H,7-16,19-22H2,1-2H3,(H,36,46)(H,42,43)/t28?,30-/m1/s1. The van der Waals surface area contributed by atoms with E-state index in [2.05, 4.69) is 10.2 Å². The molecule has 48 heavy (non-hydrogen) atoms. The number of fused-ring (bicyclic) bond motifs is 1. The number of phenolic OH excluding ortho intramolecular Hbond substituents is 1. The van der Waals surface area contributed by atoms with Gasteiger partial charge in [0.15, 0.2) is 6.10 Å². The van der Waals surface area contributed by atoms with Crippen molar-refractivity contribution in [2.45, 2.75) is 64.1 Å². The molecular formula is C35H46N6O7. The van der Waals surface area contributed by atoms with Gasteiger partial charge in [0.1, 0.15) is 5.75 Å². The Morgan fingerprint density at radius 3 is 2.38 bits per heavy atom. The molecule has 258 valence electrons. The molecule has 2 aromatic rings. The number of hydrogen-bond donors (Lipinski definition) is 3. The number of phenols is 1. The Hall–Kier alpha value is -4.36.